The van der Waals surface area contributed by atoms with Gasteiger partial charge in [0.15, 0.2) is 0 Å². The Bertz CT molecular complexity index is 771. The molecule has 2 aromatic rings. The number of thioether (sulfide) groups is 1. The van der Waals surface area contributed by atoms with Gasteiger partial charge in [0.1, 0.15) is 5.75 Å². The zero-order valence-corrected chi connectivity index (χ0v) is 18.2. The second-order valence-electron chi connectivity index (χ2n) is 6.56. The zero-order chi connectivity index (χ0) is 21.8. The summed E-state index contributed by atoms with van der Waals surface area (Å²) in [6, 6.07) is 16.4. The monoisotopic (exact) mass is 439 g/mol. The maximum atomic E-state index is 9.10. The fourth-order valence-corrected chi connectivity index (χ4v) is 3.20. The first kappa shape index (κ1) is 24.8. The van der Waals surface area contributed by atoms with Crippen molar-refractivity contribution in [2.24, 2.45) is 5.92 Å². The molecule has 0 aromatic heterocycles. The summed E-state index contributed by atoms with van der Waals surface area (Å²) >= 11 is 7.83. The molecule has 0 aliphatic carbocycles. The average Bonchev–Trinajstić information content (AvgIpc) is 2.66. The summed E-state index contributed by atoms with van der Waals surface area (Å²) < 4.78 is 6.00. The van der Waals surface area contributed by atoms with Crippen LogP contribution in [0.1, 0.15) is 5.56 Å². The Hall–Kier alpha value is -2.22. The lowest BCUT2D eigenvalue weighted by atomic mass is 9.99. The van der Waals surface area contributed by atoms with Crippen molar-refractivity contribution in [2.75, 3.05) is 33.5 Å². The van der Waals surface area contributed by atoms with Gasteiger partial charge >= 0.3 is 11.9 Å². The van der Waals surface area contributed by atoms with Crippen LogP contribution in [0.4, 0.5) is 0 Å². The van der Waals surface area contributed by atoms with E-state index in [0.29, 0.717) is 12.5 Å². The van der Waals surface area contributed by atoms with Crippen LogP contribution < -0.4 is 4.74 Å². The fourth-order valence-electron chi connectivity index (χ4n) is 2.58. The Balaban J connectivity index is 0.000000612. The van der Waals surface area contributed by atoms with Crippen molar-refractivity contribution in [2.45, 2.75) is 11.3 Å². The van der Waals surface area contributed by atoms with E-state index in [9.17, 15) is 0 Å². The van der Waals surface area contributed by atoms with Crippen LogP contribution in [0.3, 0.4) is 0 Å². The molecule has 2 rings (SSSR count). The zero-order valence-electron chi connectivity index (χ0n) is 16.7. The Labute approximate surface area is 180 Å². The van der Waals surface area contributed by atoms with Crippen LogP contribution in [0, 0.1) is 5.92 Å². The van der Waals surface area contributed by atoms with E-state index in [1.807, 2.05) is 30.3 Å². The number of ether oxygens (including phenoxy) is 1. The van der Waals surface area contributed by atoms with Gasteiger partial charge in [0.2, 0.25) is 0 Å². The normalized spacial score (nSPS) is 11.3. The van der Waals surface area contributed by atoms with Gasteiger partial charge in [0.05, 0.1) is 6.61 Å². The number of benzene rings is 2. The topological polar surface area (TPSA) is 87.1 Å². The highest BCUT2D eigenvalue weighted by atomic mass is 35.5. The van der Waals surface area contributed by atoms with Crippen LogP contribution in [0.2, 0.25) is 5.02 Å². The summed E-state index contributed by atoms with van der Waals surface area (Å²) in [6.45, 7) is 1.68. The maximum absolute atomic E-state index is 9.10. The van der Waals surface area contributed by atoms with E-state index in [4.69, 9.17) is 36.1 Å². The molecule has 1 atom stereocenters. The highest BCUT2D eigenvalue weighted by Crippen LogP contribution is 2.20. The second-order valence-corrected chi connectivity index (χ2v) is 7.88. The summed E-state index contributed by atoms with van der Waals surface area (Å²) in [5.74, 6) is -2.30. The third kappa shape index (κ3) is 10.8. The highest BCUT2D eigenvalue weighted by Gasteiger charge is 2.13. The molecule has 0 saturated heterocycles. The van der Waals surface area contributed by atoms with E-state index in [1.54, 1.807) is 11.8 Å². The lowest BCUT2D eigenvalue weighted by Crippen LogP contribution is -2.28. The van der Waals surface area contributed by atoms with Crippen molar-refractivity contribution in [3.8, 4) is 5.75 Å². The quantitative estimate of drug-likeness (QED) is 0.474. The van der Waals surface area contributed by atoms with Crippen LogP contribution in [0.15, 0.2) is 53.4 Å². The Kier molecular flexibility index (Phi) is 11.2. The van der Waals surface area contributed by atoms with E-state index in [1.165, 1.54) is 10.5 Å². The number of carboxylic acids is 2. The fraction of sp³-hybridized carbons (Fsp3) is 0.333. The van der Waals surface area contributed by atoms with Crippen molar-refractivity contribution < 1.29 is 24.5 Å². The van der Waals surface area contributed by atoms with Crippen molar-refractivity contribution >= 4 is 35.3 Å². The number of nitrogens with zero attached hydrogens (tertiary/aromatic N) is 1. The molecule has 29 heavy (non-hydrogen) atoms. The molecule has 2 aromatic carbocycles. The first-order chi connectivity index (χ1) is 13.7. The molecule has 6 nitrogen and oxygen atoms in total. The van der Waals surface area contributed by atoms with Crippen LogP contribution in [-0.4, -0.2) is 60.6 Å². The minimum absolute atomic E-state index is 0.420. The molecule has 0 aliphatic heterocycles. The van der Waals surface area contributed by atoms with Crippen LogP contribution >= 0.6 is 23.4 Å². The molecule has 0 radical (unpaired) electrons. The summed E-state index contributed by atoms with van der Waals surface area (Å²) in [5, 5.41) is 15.6. The van der Waals surface area contributed by atoms with Gasteiger partial charge in [0.25, 0.3) is 0 Å². The van der Waals surface area contributed by atoms with Gasteiger partial charge in [-0.2, -0.15) is 0 Å². The van der Waals surface area contributed by atoms with Gasteiger partial charge in [-0.1, -0.05) is 23.7 Å². The van der Waals surface area contributed by atoms with E-state index in [-0.39, 0.29) is 0 Å². The molecule has 2 N–H and O–H groups in total. The van der Waals surface area contributed by atoms with Gasteiger partial charge in [-0.25, -0.2) is 9.59 Å². The summed E-state index contributed by atoms with van der Waals surface area (Å²) in [6.07, 6.45) is 3.04. The number of aliphatic carboxylic acids is 2. The number of carboxylic acid groups (broad SMARTS) is 2. The van der Waals surface area contributed by atoms with E-state index in [0.717, 1.165) is 23.7 Å². The standard InChI is InChI=1S/C19H24ClNOS.C2H2O4/c1-21(2)13-16(11-15-5-4-6-17(20)12-15)14-22-18-7-9-19(23-3)10-8-18;3-1(4)2(5)6/h4-10,12,16H,11,13-14H2,1-3H3;(H,3,4)(H,5,6). The third-order valence-electron chi connectivity index (χ3n) is 3.76. The molecule has 0 saturated carbocycles. The molecule has 158 valence electrons. The molecule has 0 heterocycles. The van der Waals surface area contributed by atoms with Gasteiger partial charge in [-0.15, -0.1) is 11.8 Å². The molecular weight excluding hydrogens is 414 g/mol. The summed E-state index contributed by atoms with van der Waals surface area (Å²) in [5.41, 5.74) is 1.26. The van der Waals surface area contributed by atoms with E-state index >= 15 is 0 Å². The van der Waals surface area contributed by atoms with Crippen molar-refractivity contribution in [1.82, 2.24) is 4.90 Å². The molecule has 0 fully saturated rings. The van der Waals surface area contributed by atoms with Crippen molar-refractivity contribution in [3.63, 3.8) is 0 Å². The Morgan fingerprint density at radius 3 is 2.21 bits per heavy atom. The summed E-state index contributed by atoms with van der Waals surface area (Å²) in [7, 11) is 4.19. The minimum atomic E-state index is -1.82. The Morgan fingerprint density at radius 2 is 1.72 bits per heavy atom. The van der Waals surface area contributed by atoms with Crippen LogP contribution in [0.25, 0.3) is 0 Å². The predicted octanol–water partition coefficient (Wildman–Crippen LogP) is 4.02. The van der Waals surface area contributed by atoms with E-state index < -0.39 is 11.9 Å². The third-order valence-corrected chi connectivity index (χ3v) is 4.74. The molecule has 8 heteroatoms. The van der Waals surface area contributed by atoms with Gasteiger partial charge in [-0.3, -0.25) is 0 Å². The number of rotatable bonds is 8. The largest absolute Gasteiger partial charge is 0.493 e. The first-order valence-electron chi connectivity index (χ1n) is 8.83. The predicted molar refractivity (Wildman–Crippen MR) is 116 cm³/mol. The smallest absolute Gasteiger partial charge is 0.414 e. The van der Waals surface area contributed by atoms with Gasteiger partial charge < -0.3 is 19.8 Å². The first-order valence-corrected chi connectivity index (χ1v) is 10.4. The van der Waals surface area contributed by atoms with Crippen LogP contribution in [-0.2, 0) is 16.0 Å². The highest BCUT2D eigenvalue weighted by molar-refractivity contribution is 7.98. The molecule has 0 bridgehead atoms. The SMILES string of the molecule is CSc1ccc(OCC(Cc2cccc(Cl)c2)CN(C)C)cc1.O=C(O)C(=O)O. The molecule has 1 unspecified atom stereocenters. The minimum Gasteiger partial charge on any atom is -0.493 e. The lowest BCUT2D eigenvalue weighted by molar-refractivity contribution is -0.159. The molecular formula is C21H26ClNO5S. The number of carbonyl (C=O) groups is 2. The van der Waals surface area contributed by atoms with Crippen molar-refractivity contribution in [1.29, 1.82) is 0 Å². The van der Waals surface area contributed by atoms with Crippen molar-refractivity contribution in [3.05, 3.63) is 59.1 Å². The second kappa shape index (κ2) is 13.1. The average molecular weight is 440 g/mol. The Morgan fingerprint density at radius 1 is 1.10 bits per heavy atom. The number of halogens is 1. The van der Waals surface area contributed by atoms with Gasteiger partial charge in [-0.05, 0) is 68.7 Å². The number of hydrogen-bond donors (Lipinski definition) is 2. The maximum Gasteiger partial charge on any atom is 0.414 e. The molecule has 0 spiro atoms. The molecule has 0 aliphatic rings. The molecule has 0 amide bonds. The van der Waals surface area contributed by atoms with Crippen LogP contribution in [0.5, 0.6) is 5.75 Å². The summed E-state index contributed by atoms with van der Waals surface area (Å²) in [4.78, 5) is 21.7. The lowest BCUT2D eigenvalue weighted by Gasteiger charge is -2.21. The van der Waals surface area contributed by atoms with E-state index in [2.05, 4.69) is 43.5 Å². The van der Waals surface area contributed by atoms with Gasteiger partial charge in [0, 0.05) is 22.4 Å². The number of hydrogen-bond acceptors (Lipinski definition) is 5.